The van der Waals surface area contributed by atoms with Crippen LogP contribution < -0.4 is 10.6 Å². The first-order chi connectivity index (χ1) is 20.5. The predicted molar refractivity (Wildman–Crippen MR) is 173 cm³/mol. The fourth-order valence-corrected chi connectivity index (χ4v) is 5.63. The Morgan fingerprint density at radius 2 is 1.62 bits per heavy atom. The number of nitrogens with zero attached hydrogens (tertiary/aromatic N) is 2. The molecule has 7 heteroatoms. The van der Waals surface area contributed by atoms with Gasteiger partial charge in [-0.3, -0.25) is 9.59 Å². The zero-order chi connectivity index (χ0) is 29.7. The van der Waals surface area contributed by atoms with Crippen molar-refractivity contribution >= 4 is 29.5 Å². The van der Waals surface area contributed by atoms with Crippen LogP contribution in [0.15, 0.2) is 91.0 Å². The molecule has 1 saturated heterocycles. The quantitative estimate of drug-likeness (QED) is 0.256. The second-order valence-corrected chi connectivity index (χ2v) is 11.2. The predicted octanol–water partition coefficient (Wildman–Crippen LogP) is 5.59. The topological polar surface area (TPSA) is 64.7 Å². The van der Waals surface area contributed by atoms with Crippen LogP contribution in [-0.2, 0) is 9.59 Å². The monoisotopic (exact) mass is 586 g/mol. The van der Waals surface area contributed by atoms with Crippen molar-refractivity contribution in [2.75, 3.05) is 39.3 Å². The summed E-state index contributed by atoms with van der Waals surface area (Å²) in [5.74, 6) is 0.0524. The Morgan fingerprint density at radius 3 is 2.21 bits per heavy atom. The molecule has 1 heterocycles. The second kappa shape index (κ2) is 16.3. The van der Waals surface area contributed by atoms with Gasteiger partial charge in [-0.1, -0.05) is 98.2 Å². The summed E-state index contributed by atoms with van der Waals surface area (Å²) in [5.41, 5.74) is 3.31. The number of carbonyl (C=O) groups is 2. The molecule has 42 heavy (non-hydrogen) atoms. The Kier molecular flexibility index (Phi) is 12.2. The highest BCUT2D eigenvalue weighted by Crippen LogP contribution is 2.27. The van der Waals surface area contributed by atoms with Gasteiger partial charge in [-0.05, 0) is 60.8 Å². The first kappa shape index (κ1) is 31.5. The summed E-state index contributed by atoms with van der Waals surface area (Å²) in [6.45, 7) is 8.73. The third-order valence-electron chi connectivity index (χ3n) is 8.05. The molecule has 6 nitrogen and oxygen atoms in total. The van der Waals surface area contributed by atoms with Crippen LogP contribution >= 0.6 is 11.6 Å². The van der Waals surface area contributed by atoms with Crippen LogP contribution in [0.25, 0.3) is 6.08 Å². The molecule has 2 N–H and O–H groups in total. The highest BCUT2D eigenvalue weighted by molar-refractivity contribution is 6.30. The van der Waals surface area contributed by atoms with Gasteiger partial charge in [-0.15, -0.1) is 0 Å². The van der Waals surface area contributed by atoms with Crippen molar-refractivity contribution in [3.8, 4) is 0 Å². The van der Waals surface area contributed by atoms with Crippen LogP contribution in [0.2, 0.25) is 5.02 Å². The van der Waals surface area contributed by atoms with Gasteiger partial charge in [0.2, 0.25) is 11.8 Å². The van der Waals surface area contributed by atoms with Crippen molar-refractivity contribution < 1.29 is 9.59 Å². The Hall–Kier alpha value is -3.45. The minimum Gasteiger partial charge on any atom is -0.351 e. The number of halogens is 1. The van der Waals surface area contributed by atoms with Gasteiger partial charge in [0, 0.05) is 49.2 Å². The van der Waals surface area contributed by atoms with E-state index in [0.717, 1.165) is 38.0 Å². The van der Waals surface area contributed by atoms with E-state index in [-0.39, 0.29) is 29.8 Å². The molecule has 2 atom stereocenters. The molecule has 1 aliphatic heterocycles. The Balaban J connectivity index is 1.47. The molecule has 1 aliphatic rings. The van der Waals surface area contributed by atoms with Gasteiger partial charge in [0.15, 0.2) is 0 Å². The molecule has 4 rings (SSSR count). The Labute approximate surface area is 255 Å². The molecular weight excluding hydrogens is 544 g/mol. The van der Waals surface area contributed by atoms with Crippen molar-refractivity contribution in [3.63, 3.8) is 0 Å². The van der Waals surface area contributed by atoms with Crippen LogP contribution in [0.4, 0.5) is 0 Å². The maximum atomic E-state index is 14.0. The molecule has 0 aromatic heterocycles. The zero-order valence-electron chi connectivity index (χ0n) is 24.7. The van der Waals surface area contributed by atoms with E-state index in [2.05, 4.69) is 77.9 Å². The average molecular weight is 587 g/mol. The van der Waals surface area contributed by atoms with Crippen LogP contribution in [0.1, 0.15) is 49.3 Å². The minimum absolute atomic E-state index is 0.0135. The molecule has 0 radical (unpaired) electrons. The molecule has 0 unspecified atom stereocenters. The highest BCUT2D eigenvalue weighted by atomic mass is 35.5. The third-order valence-corrected chi connectivity index (χ3v) is 8.30. The maximum Gasteiger partial charge on any atom is 0.244 e. The number of carbonyl (C=O) groups excluding carboxylic acids is 2. The van der Waals surface area contributed by atoms with E-state index >= 15 is 0 Å². The standard InChI is InChI=1S/C35H43ClN4O2/c1-3-39(4-2)23-22-33-35(42)40(26-32(28-11-7-5-8-12-28)29-13-9-6-10-14-29)24-21-31(38-33)25-37-34(41)20-17-27-15-18-30(36)19-16-27/h5-20,31-33,38H,3-4,21-26H2,1-2H3,(H,37,41)/b20-17+/t31-,33-/m0/s1. The number of nitrogens with one attached hydrogen (secondary N) is 2. The first-order valence-corrected chi connectivity index (χ1v) is 15.4. The summed E-state index contributed by atoms with van der Waals surface area (Å²) in [7, 11) is 0. The Bertz CT molecular complexity index is 1240. The van der Waals surface area contributed by atoms with Gasteiger partial charge in [0.25, 0.3) is 0 Å². The van der Waals surface area contributed by atoms with E-state index in [0.29, 0.717) is 24.7 Å². The maximum absolute atomic E-state index is 14.0. The third kappa shape index (κ3) is 9.28. The van der Waals surface area contributed by atoms with Gasteiger partial charge >= 0.3 is 0 Å². The second-order valence-electron chi connectivity index (χ2n) is 10.8. The lowest BCUT2D eigenvalue weighted by atomic mass is 9.90. The number of hydrogen-bond donors (Lipinski definition) is 2. The number of amides is 2. The van der Waals surface area contributed by atoms with Crippen LogP contribution in [-0.4, -0.2) is 73.0 Å². The van der Waals surface area contributed by atoms with Gasteiger partial charge in [-0.2, -0.15) is 0 Å². The molecule has 1 fully saturated rings. The van der Waals surface area contributed by atoms with Crippen molar-refractivity contribution in [2.24, 2.45) is 0 Å². The summed E-state index contributed by atoms with van der Waals surface area (Å²) >= 11 is 5.96. The summed E-state index contributed by atoms with van der Waals surface area (Å²) in [5, 5.41) is 7.31. The number of rotatable bonds is 13. The van der Waals surface area contributed by atoms with E-state index in [1.54, 1.807) is 24.3 Å². The van der Waals surface area contributed by atoms with Gasteiger partial charge in [-0.25, -0.2) is 0 Å². The molecule has 3 aromatic carbocycles. The van der Waals surface area contributed by atoms with Crippen molar-refractivity contribution in [2.45, 2.75) is 44.7 Å². The SMILES string of the molecule is CCN(CC)CC[C@@H]1N[C@H](CNC(=O)/C=C/c2ccc(Cl)cc2)CCN(CC(c2ccccc2)c2ccccc2)C1=O. The average Bonchev–Trinajstić information content (AvgIpc) is 3.17. The van der Waals surface area contributed by atoms with E-state index in [4.69, 9.17) is 11.6 Å². The number of benzene rings is 3. The molecular formula is C35H43ClN4O2. The fraction of sp³-hybridized carbons (Fsp3) is 0.371. The largest absolute Gasteiger partial charge is 0.351 e. The van der Waals surface area contributed by atoms with E-state index in [9.17, 15) is 9.59 Å². The number of hydrogen-bond acceptors (Lipinski definition) is 4. The normalized spacial score (nSPS) is 17.6. The molecule has 0 aliphatic carbocycles. The van der Waals surface area contributed by atoms with Gasteiger partial charge in [0.1, 0.15) is 0 Å². The molecule has 2 amide bonds. The summed E-state index contributed by atoms with van der Waals surface area (Å²) in [6, 6.07) is 27.9. The van der Waals surface area contributed by atoms with Gasteiger partial charge in [0.05, 0.1) is 6.04 Å². The summed E-state index contributed by atoms with van der Waals surface area (Å²) in [4.78, 5) is 31.1. The molecule has 0 spiro atoms. The summed E-state index contributed by atoms with van der Waals surface area (Å²) < 4.78 is 0. The van der Waals surface area contributed by atoms with Crippen molar-refractivity contribution in [3.05, 3.63) is 113 Å². The Morgan fingerprint density at radius 1 is 1.00 bits per heavy atom. The molecule has 0 bridgehead atoms. The van der Waals surface area contributed by atoms with Crippen LogP contribution in [0.5, 0.6) is 0 Å². The lowest BCUT2D eigenvalue weighted by Gasteiger charge is -2.30. The lowest BCUT2D eigenvalue weighted by Crippen LogP contribution is -2.50. The van der Waals surface area contributed by atoms with E-state index in [1.807, 2.05) is 29.2 Å². The van der Waals surface area contributed by atoms with Crippen LogP contribution in [0.3, 0.4) is 0 Å². The molecule has 3 aromatic rings. The van der Waals surface area contributed by atoms with E-state index < -0.39 is 0 Å². The summed E-state index contributed by atoms with van der Waals surface area (Å²) in [6.07, 6.45) is 4.79. The molecule has 222 valence electrons. The van der Waals surface area contributed by atoms with Crippen molar-refractivity contribution in [1.82, 2.24) is 20.4 Å². The minimum atomic E-state index is -0.313. The van der Waals surface area contributed by atoms with Crippen LogP contribution in [0, 0.1) is 0 Å². The fourth-order valence-electron chi connectivity index (χ4n) is 5.50. The first-order valence-electron chi connectivity index (χ1n) is 15.0. The lowest BCUT2D eigenvalue weighted by molar-refractivity contribution is -0.133. The van der Waals surface area contributed by atoms with E-state index in [1.165, 1.54) is 11.1 Å². The van der Waals surface area contributed by atoms with Gasteiger partial charge < -0.3 is 20.4 Å². The highest BCUT2D eigenvalue weighted by Gasteiger charge is 2.32. The smallest absolute Gasteiger partial charge is 0.244 e. The molecule has 0 saturated carbocycles. The zero-order valence-corrected chi connectivity index (χ0v) is 25.5. The van der Waals surface area contributed by atoms with Crippen molar-refractivity contribution in [1.29, 1.82) is 0 Å².